The van der Waals surface area contributed by atoms with Crippen LogP contribution in [0.3, 0.4) is 0 Å². The van der Waals surface area contributed by atoms with Crippen LogP contribution >= 0.6 is 0 Å². The first-order valence-electron chi connectivity index (χ1n) is 16.7. The Hall–Kier alpha value is -3.07. The van der Waals surface area contributed by atoms with E-state index in [4.69, 9.17) is 14.2 Å². The van der Waals surface area contributed by atoms with Crippen molar-refractivity contribution in [3.63, 3.8) is 0 Å². The van der Waals surface area contributed by atoms with Gasteiger partial charge in [0.1, 0.15) is 5.75 Å². The van der Waals surface area contributed by atoms with Gasteiger partial charge in [-0.2, -0.15) is 15.5 Å². The molecule has 238 valence electrons. The van der Waals surface area contributed by atoms with Crippen molar-refractivity contribution in [2.45, 2.75) is 128 Å². The molecule has 6 nitrogen and oxygen atoms in total. The SMILES string of the molecule is CCCCCCCCCCCCC(C#N)(CCCC(CCc1ccc(OC)c(OC)c1)N=NC)c1cccc(OCC)c1. The molecule has 0 spiro atoms. The maximum Gasteiger partial charge on any atom is 0.160 e. The first-order valence-corrected chi connectivity index (χ1v) is 16.7. The molecule has 0 heterocycles. The zero-order valence-electron chi connectivity index (χ0n) is 27.7. The molecule has 2 rings (SSSR count). The predicted molar refractivity (Wildman–Crippen MR) is 178 cm³/mol. The summed E-state index contributed by atoms with van der Waals surface area (Å²) in [7, 11) is 5.06. The van der Waals surface area contributed by atoms with Gasteiger partial charge < -0.3 is 14.2 Å². The minimum absolute atomic E-state index is 0.113. The van der Waals surface area contributed by atoms with Crippen LogP contribution in [0, 0.1) is 11.3 Å². The number of aryl methyl sites for hydroxylation is 1. The lowest BCUT2D eigenvalue weighted by Gasteiger charge is -2.28. The number of azo groups is 1. The third-order valence-electron chi connectivity index (χ3n) is 8.50. The molecule has 0 aromatic heterocycles. The van der Waals surface area contributed by atoms with Gasteiger partial charge in [-0.15, -0.1) is 0 Å². The van der Waals surface area contributed by atoms with E-state index in [9.17, 15) is 5.26 Å². The fraction of sp³-hybridized carbons (Fsp3) is 0.649. The summed E-state index contributed by atoms with van der Waals surface area (Å²) in [6.45, 7) is 4.88. The Morgan fingerprint density at radius 2 is 1.47 bits per heavy atom. The number of hydrogen-bond donors (Lipinski definition) is 0. The van der Waals surface area contributed by atoms with Crippen molar-refractivity contribution < 1.29 is 14.2 Å². The van der Waals surface area contributed by atoms with E-state index in [0.717, 1.165) is 67.8 Å². The van der Waals surface area contributed by atoms with Crippen molar-refractivity contribution in [1.82, 2.24) is 0 Å². The first-order chi connectivity index (χ1) is 21.0. The van der Waals surface area contributed by atoms with Crippen LogP contribution in [0.25, 0.3) is 0 Å². The highest BCUT2D eigenvalue weighted by Crippen LogP contribution is 2.37. The summed E-state index contributed by atoms with van der Waals surface area (Å²) < 4.78 is 16.7. The Kier molecular flexibility index (Phi) is 18.1. The Morgan fingerprint density at radius 3 is 2.09 bits per heavy atom. The molecule has 2 aromatic rings. The van der Waals surface area contributed by atoms with Gasteiger partial charge in [0, 0.05) is 7.05 Å². The highest BCUT2D eigenvalue weighted by atomic mass is 16.5. The quantitative estimate of drug-likeness (QED) is 0.0899. The maximum atomic E-state index is 10.7. The summed E-state index contributed by atoms with van der Waals surface area (Å²) in [4.78, 5) is 0. The summed E-state index contributed by atoms with van der Waals surface area (Å²) in [6, 6.07) is 17.2. The van der Waals surface area contributed by atoms with Crippen molar-refractivity contribution in [3.8, 4) is 23.3 Å². The van der Waals surface area contributed by atoms with Crippen molar-refractivity contribution in [2.75, 3.05) is 27.9 Å². The smallest absolute Gasteiger partial charge is 0.160 e. The molecule has 0 aliphatic rings. The van der Waals surface area contributed by atoms with E-state index in [0.29, 0.717) is 6.61 Å². The monoisotopic (exact) mass is 591 g/mol. The molecular weight excluding hydrogens is 534 g/mol. The van der Waals surface area contributed by atoms with E-state index in [-0.39, 0.29) is 6.04 Å². The van der Waals surface area contributed by atoms with E-state index in [1.807, 2.05) is 31.2 Å². The summed E-state index contributed by atoms with van der Waals surface area (Å²) in [5.74, 6) is 2.32. The van der Waals surface area contributed by atoms with Gasteiger partial charge in [-0.25, -0.2) is 0 Å². The fourth-order valence-electron chi connectivity index (χ4n) is 5.99. The van der Waals surface area contributed by atoms with Crippen LogP contribution in [0.2, 0.25) is 0 Å². The first kappa shape index (κ1) is 36.1. The van der Waals surface area contributed by atoms with Gasteiger partial charge in [-0.3, -0.25) is 0 Å². The number of hydrogen-bond acceptors (Lipinski definition) is 6. The largest absolute Gasteiger partial charge is 0.494 e. The van der Waals surface area contributed by atoms with Gasteiger partial charge in [0.15, 0.2) is 11.5 Å². The van der Waals surface area contributed by atoms with Crippen LogP contribution in [-0.4, -0.2) is 33.9 Å². The van der Waals surface area contributed by atoms with E-state index in [1.165, 1.54) is 63.4 Å². The maximum absolute atomic E-state index is 10.7. The second-order valence-electron chi connectivity index (χ2n) is 11.7. The van der Waals surface area contributed by atoms with Crippen LogP contribution in [0.15, 0.2) is 52.7 Å². The molecular formula is C37H57N3O3. The third kappa shape index (κ3) is 13.0. The standard InChI is InChI=1S/C37H57N3O3/c1-6-8-9-10-11-12-13-14-15-16-26-37(30-38,32-19-17-21-34(29-32)43-7-2)27-18-20-33(40-39-3)24-22-31-23-25-35(41-4)36(28-31)42-5/h17,19,21,23,25,28-29,33H,6-16,18,20,22,24,26-27H2,1-5H3. The minimum Gasteiger partial charge on any atom is -0.494 e. The summed E-state index contributed by atoms with van der Waals surface area (Å²) in [5, 5.41) is 19.4. The number of rotatable bonds is 24. The Bertz CT molecular complexity index is 1100. The van der Waals surface area contributed by atoms with Crippen LogP contribution in [0.5, 0.6) is 17.2 Å². The van der Waals surface area contributed by atoms with Crippen molar-refractivity contribution in [3.05, 3.63) is 53.6 Å². The molecule has 6 heteroatoms. The lowest BCUT2D eigenvalue weighted by atomic mass is 9.73. The molecule has 2 unspecified atom stereocenters. The highest BCUT2D eigenvalue weighted by molar-refractivity contribution is 5.43. The average molecular weight is 592 g/mol. The Morgan fingerprint density at radius 1 is 0.791 bits per heavy atom. The van der Waals surface area contributed by atoms with Crippen LogP contribution < -0.4 is 14.2 Å². The van der Waals surface area contributed by atoms with Gasteiger partial charge in [0.25, 0.3) is 0 Å². The second kappa shape index (κ2) is 21.6. The molecule has 0 radical (unpaired) electrons. The minimum atomic E-state index is -0.523. The predicted octanol–water partition coefficient (Wildman–Crippen LogP) is 10.4. The van der Waals surface area contributed by atoms with Crippen molar-refractivity contribution >= 4 is 0 Å². The van der Waals surface area contributed by atoms with Gasteiger partial charge in [0.2, 0.25) is 0 Å². The molecule has 0 aliphatic carbocycles. The Balaban J connectivity index is 2.01. The number of nitriles is 1. The van der Waals surface area contributed by atoms with Crippen molar-refractivity contribution in [2.24, 2.45) is 10.2 Å². The third-order valence-corrected chi connectivity index (χ3v) is 8.50. The molecule has 43 heavy (non-hydrogen) atoms. The van der Waals surface area contributed by atoms with Gasteiger partial charge >= 0.3 is 0 Å². The highest BCUT2D eigenvalue weighted by Gasteiger charge is 2.32. The molecule has 0 saturated carbocycles. The average Bonchev–Trinajstić information content (AvgIpc) is 3.03. The van der Waals surface area contributed by atoms with E-state index >= 15 is 0 Å². The van der Waals surface area contributed by atoms with Crippen LogP contribution in [0.1, 0.15) is 121 Å². The zero-order chi connectivity index (χ0) is 31.2. The molecule has 2 atom stereocenters. The lowest BCUT2D eigenvalue weighted by molar-refractivity contribution is 0.337. The van der Waals surface area contributed by atoms with Crippen LogP contribution in [0.4, 0.5) is 0 Å². The van der Waals surface area contributed by atoms with E-state index in [1.54, 1.807) is 21.3 Å². The number of methoxy groups -OCH3 is 2. The molecule has 0 bridgehead atoms. The van der Waals surface area contributed by atoms with E-state index < -0.39 is 5.41 Å². The molecule has 0 fully saturated rings. The lowest BCUT2D eigenvalue weighted by Crippen LogP contribution is -2.25. The molecule has 2 aromatic carbocycles. The summed E-state index contributed by atoms with van der Waals surface area (Å²) >= 11 is 0. The summed E-state index contributed by atoms with van der Waals surface area (Å²) in [5.41, 5.74) is 1.75. The number of unbranched alkanes of at least 4 members (excludes halogenated alkanes) is 9. The molecule has 0 amide bonds. The zero-order valence-corrected chi connectivity index (χ0v) is 27.7. The Labute approximate surface area is 262 Å². The molecule has 0 aliphatic heterocycles. The normalized spacial score (nSPS) is 13.4. The van der Waals surface area contributed by atoms with E-state index in [2.05, 4.69) is 41.4 Å². The number of ether oxygens (including phenoxy) is 3. The fourth-order valence-corrected chi connectivity index (χ4v) is 5.99. The van der Waals surface area contributed by atoms with Gasteiger partial charge in [0.05, 0.1) is 38.4 Å². The summed E-state index contributed by atoms with van der Waals surface area (Å²) in [6.07, 6.45) is 18.2. The van der Waals surface area contributed by atoms with Gasteiger partial charge in [-0.05, 0) is 80.8 Å². The van der Waals surface area contributed by atoms with Gasteiger partial charge in [-0.1, -0.05) is 89.3 Å². The number of nitrogens with zero attached hydrogens (tertiary/aromatic N) is 3. The number of benzene rings is 2. The molecule has 0 N–H and O–H groups in total. The molecule has 0 saturated heterocycles. The topological polar surface area (TPSA) is 76.2 Å². The van der Waals surface area contributed by atoms with Crippen molar-refractivity contribution in [1.29, 1.82) is 5.26 Å². The second-order valence-corrected chi connectivity index (χ2v) is 11.7. The van der Waals surface area contributed by atoms with Crippen LogP contribution in [-0.2, 0) is 11.8 Å².